The Morgan fingerprint density at radius 1 is 0.297 bits per heavy atom. The van der Waals surface area contributed by atoms with Gasteiger partial charge < -0.3 is 20.3 Å². The summed E-state index contributed by atoms with van der Waals surface area (Å²) in [5, 5.41) is 23.5. The minimum atomic E-state index is -0.663. The van der Waals surface area contributed by atoms with Crippen LogP contribution in [0.1, 0.15) is 495 Å². The molecule has 0 aliphatic rings. The van der Waals surface area contributed by atoms with E-state index in [1.807, 2.05) is 0 Å². The number of esters is 1. The minimum absolute atomic E-state index is 0.0239. The van der Waals surface area contributed by atoms with E-state index in [1.165, 1.54) is 424 Å². The van der Waals surface area contributed by atoms with Gasteiger partial charge in [-0.25, -0.2) is 0 Å². The van der Waals surface area contributed by atoms with Crippen molar-refractivity contribution >= 4 is 11.9 Å². The molecule has 0 saturated carbocycles. The van der Waals surface area contributed by atoms with E-state index in [9.17, 15) is 19.8 Å². The molecule has 2 unspecified atom stereocenters. The lowest BCUT2D eigenvalue weighted by Crippen LogP contribution is -2.45. The molecule has 0 spiro atoms. The van der Waals surface area contributed by atoms with Gasteiger partial charge in [0.25, 0.3) is 0 Å². The Balaban J connectivity index is 3.34. The molecular weight excluding hydrogens is 1110 g/mol. The maximum Gasteiger partial charge on any atom is 0.305 e. The Hall–Kier alpha value is -1.40. The minimum Gasteiger partial charge on any atom is -0.466 e. The van der Waals surface area contributed by atoms with Crippen molar-refractivity contribution in [3.05, 3.63) is 12.2 Å². The number of aliphatic hydroxyl groups excluding tert-OH is 2. The number of amides is 1. The molecule has 91 heavy (non-hydrogen) atoms. The number of unbranched alkanes of at least 4 members (excludes halogenated alkanes) is 68. The third-order valence-corrected chi connectivity index (χ3v) is 20.3. The first-order chi connectivity index (χ1) is 45.0. The van der Waals surface area contributed by atoms with E-state index in [4.69, 9.17) is 4.74 Å². The lowest BCUT2D eigenvalue weighted by Gasteiger charge is -2.22. The second kappa shape index (κ2) is 81.0. The molecule has 0 heterocycles. The first-order valence-electron chi connectivity index (χ1n) is 42.4. The summed E-state index contributed by atoms with van der Waals surface area (Å²) in [7, 11) is 0. The highest BCUT2D eigenvalue weighted by Crippen LogP contribution is 2.21. The van der Waals surface area contributed by atoms with Gasteiger partial charge in [-0.15, -0.1) is 0 Å². The van der Waals surface area contributed by atoms with E-state index < -0.39 is 12.1 Å². The highest BCUT2D eigenvalue weighted by atomic mass is 16.5. The van der Waals surface area contributed by atoms with E-state index >= 15 is 0 Å². The van der Waals surface area contributed by atoms with E-state index in [1.54, 1.807) is 0 Å². The fourth-order valence-electron chi connectivity index (χ4n) is 13.9. The molecule has 542 valence electrons. The number of hydrogen-bond donors (Lipinski definition) is 3. The van der Waals surface area contributed by atoms with Crippen LogP contribution in [0, 0.1) is 0 Å². The average Bonchev–Trinajstić information content (AvgIpc) is 3.61. The summed E-state index contributed by atoms with van der Waals surface area (Å²) in [5.41, 5.74) is 0. The topological polar surface area (TPSA) is 95.9 Å². The second-order valence-corrected chi connectivity index (χ2v) is 29.5. The fraction of sp³-hybridized carbons (Fsp3) is 0.953. The molecule has 0 rings (SSSR count). The first-order valence-corrected chi connectivity index (χ1v) is 42.4. The van der Waals surface area contributed by atoms with Gasteiger partial charge in [0.2, 0.25) is 5.91 Å². The zero-order chi connectivity index (χ0) is 65.6. The Bertz CT molecular complexity index is 1380. The number of ether oxygens (including phenoxy) is 1. The third-order valence-electron chi connectivity index (χ3n) is 20.3. The molecule has 6 nitrogen and oxygen atoms in total. The van der Waals surface area contributed by atoms with Crippen LogP contribution < -0.4 is 5.32 Å². The predicted octanol–water partition coefficient (Wildman–Crippen LogP) is 28.2. The van der Waals surface area contributed by atoms with Gasteiger partial charge in [0, 0.05) is 12.8 Å². The van der Waals surface area contributed by atoms with Crippen molar-refractivity contribution in [1.29, 1.82) is 0 Å². The van der Waals surface area contributed by atoms with Gasteiger partial charge >= 0.3 is 5.97 Å². The normalized spacial score (nSPS) is 12.4. The SMILES string of the molecule is CCCCCCCCCCCCCCCCCCCCCCCCCCCC(O)C(CO)NC(=O)CCCCCCCCCCCCCCCCCCC/C=C\CCCCCCCCCCCCCCCCOC(=O)CCCCCCCCCCCCCCCC. The van der Waals surface area contributed by atoms with Gasteiger partial charge in [-0.1, -0.05) is 443 Å². The molecule has 0 aliphatic heterocycles. The maximum absolute atomic E-state index is 12.6. The van der Waals surface area contributed by atoms with Crippen molar-refractivity contribution in [1.82, 2.24) is 5.32 Å². The van der Waals surface area contributed by atoms with Gasteiger partial charge in [-0.3, -0.25) is 9.59 Å². The van der Waals surface area contributed by atoms with E-state index in [-0.39, 0.29) is 18.5 Å². The van der Waals surface area contributed by atoms with Gasteiger partial charge in [0.05, 0.1) is 25.4 Å². The summed E-state index contributed by atoms with van der Waals surface area (Å²) in [6, 6.07) is -0.540. The standard InChI is InChI=1S/C85H167NO5/c1-3-5-7-9-11-13-15-17-19-20-21-22-23-35-38-41-44-47-50-53-57-61-65-69-73-77-83(88)82(81-87)86-84(89)78-74-70-66-62-58-54-51-48-45-42-39-36-33-31-29-27-25-24-26-28-30-32-34-37-40-43-46-49-52-56-60-64-68-72-76-80-91-85(90)79-75-71-67-63-59-55-18-16-14-12-10-8-6-4-2/h26,28,82-83,87-88H,3-25,27,29-81H2,1-2H3,(H,86,89)/b28-26-. The first kappa shape index (κ1) is 89.6. The third kappa shape index (κ3) is 77.5. The molecule has 2 atom stereocenters. The quantitative estimate of drug-likeness (QED) is 0.0320. The van der Waals surface area contributed by atoms with Gasteiger partial charge in [-0.05, 0) is 51.4 Å². The fourth-order valence-corrected chi connectivity index (χ4v) is 13.9. The van der Waals surface area contributed by atoms with Crippen molar-refractivity contribution in [2.45, 2.75) is 508 Å². The maximum atomic E-state index is 12.6. The Morgan fingerprint density at radius 2 is 0.516 bits per heavy atom. The van der Waals surface area contributed by atoms with Crippen LogP contribution >= 0.6 is 0 Å². The smallest absolute Gasteiger partial charge is 0.305 e. The molecule has 0 fully saturated rings. The summed E-state index contributed by atoms with van der Waals surface area (Å²) in [6.45, 7) is 5.02. The number of rotatable bonds is 81. The van der Waals surface area contributed by atoms with Crippen LogP contribution in [0.15, 0.2) is 12.2 Å². The molecular formula is C85H167NO5. The molecule has 6 heteroatoms. The van der Waals surface area contributed by atoms with Crippen molar-refractivity contribution in [3.8, 4) is 0 Å². The molecule has 0 radical (unpaired) electrons. The zero-order valence-corrected chi connectivity index (χ0v) is 62.4. The molecule has 3 N–H and O–H groups in total. The summed E-state index contributed by atoms with van der Waals surface area (Å²) >= 11 is 0. The Morgan fingerprint density at radius 3 is 0.780 bits per heavy atom. The molecule has 0 bridgehead atoms. The number of nitrogens with one attached hydrogen (secondary N) is 1. The summed E-state index contributed by atoms with van der Waals surface area (Å²) < 4.78 is 5.50. The van der Waals surface area contributed by atoms with Crippen LogP contribution in [0.3, 0.4) is 0 Å². The predicted molar refractivity (Wildman–Crippen MR) is 403 cm³/mol. The van der Waals surface area contributed by atoms with Crippen LogP contribution in [0.25, 0.3) is 0 Å². The molecule has 1 amide bonds. The second-order valence-electron chi connectivity index (χ2n) is 29.5. The van der Waals surface area contributed by atoms with Gasteiger partial charge in [0.1, 0.15) is 0 Å². The monoisotopic (exact) mass is 1280 g/mol. The largest absolute Gasteiger partial charge is 0.466 e. The van der Waals surface area contributed by atoms with Crippen LogP contribution in [-0.4, -0.2) is 47.4 Å². The summed E-state index contributed by atoms with van der Waals surface area (Å²) in [6.07, 6.45) is 103. The summed E-state index contributed by atoms with van der Waals surface area (Å²) in [4.78, 5) is 24.7. The van der Waals surface area contributed by atoms with Crippen molar-refractivity contribution in [3.63, 3.8) is 0 Å². The molecule has 0 aliphatic carbocycles. The highest BCUT2D eigenvalue weighted by Gasteiger charge is 2.20. The molecule has 0 aromatic heterocycles. The number of hydrogen-bond acceptors (Lipinski definition) is 5. The van der Waals surface area contributed by atoms with Crippen LogP contribution in [-0.2, 0) is 14.3 Å². The summed E-state index contributed by atoms with van der Waals surface area (Å²) in [5.74, 6) is -0.000797. The Kier molecular flexibility index (Phi) is 79.8. The Labute approximate surface area is 571 Å². The highest BCUT2D eigenvalue weighted by molar-refractivity contribution is 5.76. The van der Waals surface area contributed by atoms with Crippen LogP contribution in [0.2, 0.25) is 0 Å². The van der Waals surface area contributed by atoms with E-state index in [2.05, 4.69) is 31.3 Å². The van der Waals surface area contributed by atoms with Gasteiger partial charge in [-0.2, -0.15) is 0 Å². The van der Waals surface area contributed by atoms with Gasteiger partial charge in [0.15, 0.2) is 0 Å². The van der Waals surface area contributed by atoms with Crippen LogP contribution in [0.5, 0.6) is 0 Å². The zero-order valence-electron chi connectivity index (χ0n) is 62.4. The molecule has 0 saturated heterocycles. The lowest BCUT2D eigenvalue weighted by atomic mass is 10.0. The number of carbonyl (C=O) groups is 2. The number of carbonyl (C=O) groups excluding carboxylic acids is 2. The van der Waals surface area contributed by atoms with Crippen LogP contribution in [0.4, 0.5) is 0 Å². The molecule has 0 aromatic carbocycles. The van der Waals surface area contributed by atoms with Crippen molar-refractivity contribution in [2.24, 2.45) is 0 Å². The van der Waals surface area contributed by atoms with E-state index in [0.29, 0.717) is 25.9 Å². The molecule has 0 aromatic rings. The average molecular weight is 1280 g/mol. The van der Waals surface area contributed by atoms with E-state index in [0.717, 1.165) is 38.5 Å². The van der Waals surface area contributed by atoms with Crippen molar-refractivity contribution < 1.29 is 24.5 Å². The number of aliphatic hydroxyl groups is 2. The number of allylic oxidation sites excluding steroid dienone is 2. The van der Waals surface area contributed by atoms with Crippen molar-refractivity contribution in [2.75, 3.05) is 13.2 Å². The lowest BCUT2D eigenvalue weighted by molar-refractivity contribution is -0.143.